The smallest absolute Gasteiger partial charge is 0.265 e. The molecule has 1 unspecified atom stereocenters. The minimum absolute atomic E-state index is 0.0988. The fraction of sp³-hybridized carbons (Fsp3) is 0.300. The molecular weight excluding hydrogens is 322 g/mol. The van der Waals surface area contributed by atoms with Gasteiger partial charge in [-0.25, -0.2) is 17.6 Å². The van der Waals surface area contributed by atoms with Crippen molar-refractivity contribution in [1.82, 2.24) is 5.32 Å². The van der Waals surface area contributed by atoms with Crippen LogP contribution >= 0.6 is 15.9 Å². The van der Waals surface area contributed by atoms with Crippen LogP contribution in [0.25, 0.3) is 0 Å². The first-order chi connectivity index (χ1) is 8.32. The summed E-state index contributed by atoms with van der Waals surface area (Å²) in [7, 11) is 0. The van der Waals surface area contributed by atoms with Gasteiger partial charge in [-0.3, -0.25) is 4.79 Å². The summed E-state index contributed by atoms with van der Waals surface area (Å²) in [6, 6.07) is 1.73. The Kier molecular flexibility index (Phi) is 5.09. The first-order valence-corrected chi connectivity index (χ1v) is 5.51. The van der Waals surface area contributed by atoms with E-state index in [4.69, 9.17) is 5.11 Å². The highest BCUT2D eigenvalue weighted by molar-refractivity contribution is 9.10. The normalized spacial score (nSPS) is 12.6. The predicted octanol–water partition coefficient (Wildman–Crippen LogP) is 2.08. The average Bonchev–Trinajstić information content (AvgIpc) is 2.24. The topological polar surface area (TPSA) is 49.3 Å². The predicted molar refractivity (Wildman–Crippen MR) is 58.4 cm³/mol. The number of amides is 1. The van der Waals surface area contributed by atoms with Gasteiger partial charge in [-0.15, -0.1) is 0 Å². The lowest BCUT2D eigenvalue weighted by atomic mass is 10.2. The zero-order valence-corrected chi connectivity index (χ0v) is 10.3. The second kappa shape index (κ2) is 6.14. The van der Waals surface area contributed by atoms with Gasteiger partial charge >= 0.3 is 0 Å². The summed E-state index contributed by atoms with van der Waals surface area (Å²) >= 11 is 2.83. The number of aliphatic hydroxyl groups is 1. The SMILES string of the molecule is O=C(NCC(O)C(F)F)c1c(F)cc(Br)cc1F. The summed E-state index contributed by atoms with van der Waals surface area (Å²) in [6.45, 7) is -0.800. The third kappa shape index (κ3) is 3.67. The molecule has 1 aromatic carbocycles. The molecular formula is C10H8BrF4NO2. The number of carbonyl (C=O) groups excluding carboxylic acids is 1. The van der Waals surface area contributed by atoms with Crippen LogP contribution in [0.2, 0.25) is 0 Å². The molecule has 100 valence electrons. The van der Waals surface area contributed by atoms with Crippen molar-refractivity contribution in [3.8, 4) is 0 Å². The third-order valence-corrected chi connectivity index (χ3v) is 2.45. The van der Waals surface area contributed by atoms with Crippen LogP contribution in [0, 0.1) is 11.6 Å². The number of hydrogen-bond acceptors (Lipinski definition) is 2. The van der Waals surface area contributed by atoms with Crippen LogP contribution in [0.3, 0.4) is 0 Å². The molecule has 0 radical (unpaired) electrons. The molecule has 0 bridgehead atoms. The number of rotatable bonds is 4. The molecule has 8 heteroatoms. The van der Waals surface area contributed by atoms with E-state index in [2.05, 4.69) is 15.9 Å². The molecule has 2 N–H and O–H groups in total. The summed E-state index contributed by atoms with van der Waals surface area (Å²) in [6.07, 6.45) is -5.14. The largest absolute Gasteiger partial charge is 0.385 e. The molecule has 0 aliphatic carbocycles. The van der Waals surface area contributed by atoms with E-state index >= 15 is 0 Å². The number of halogens is 5. The van der Waals surface area contributed by atoms with Crippen molar-refractivity contribution in [1.29, 1.82) is 0 Å². The third-order valence-electron chi connectivity index (χ3n) is 2.00. The van der Waals surface area contributed by atoms with Crippen LogP contribution in [-0.2, 0) is 0 Å². The second-order valence-electron chi connectivity index (χ2n) is 3.36. The number of carbonyl (C=O) groups is 1. The Balaban J connectivity index is 2.79. The Morgan fingerprint density at radius 3 is 2.28 bits per heavy atom. The van der Waals surface area contributed by atoms with Gasteiger partial charge in [0.1, 0.15) is 23.3 Å². The van der Waals surface area contributed by atoms with Crippen LogP contribution in [0.1, 0.15) is 10.4 Å². The summed E-state index contributed by atoms with van der Waals surface area (Å²) in [5, 5.41) is 10.6. The summed E-state index contributed by atoms with van der Waals surface area (Å²) < 4.78 is 50.6. The Labute approximate surface area is 108 Å². The van der Waals surface area contributed by atoms with Crippen LogP contribution in [0.4, 0.5) is 17.6 Å². The Morgan fingerprint density at radius 1 is 1.33 bits per heavy atom. The molecule has 0 spiro atoms. The highest BCUT2D eigenvalue weighted by atomic mass is 79.9. The maximum Gasteiger partial charge on any atom is 0.265 e. The lowest BCUT2D eigenvalue weighted by molar-refractivity contribution is -0.00273. The fourth-order valence-electron chi connectivity index (χ4n) is 1.13. The van der Waals surface area contributed by atoms with E-state index in [9.17, 15) is 22.4 Å². The zero-order chi connectivity index (χ0) is 13.9. The highest BCUT2D eigenvalue weighted by Crippen LogP contribution is 2.19. The molecule has 0 aliphatic rings. The van der Waals surface area contributed by atoms with E-state index in [-0.39, 0.29) is 4.47 Å². The van der Waals surface area contributed by atoms with Crippen molar-refractivity contribution in [2.45, 2.75) is 12.5 Å². The van der Waals surface area contributed by atoms with Crippen molar-refractivity contribution < 1.29 is 27.5 Å². The van der Waals surface area contributed by atoms with Crippen molar-refractivity contribution in [2.24, 2.45) is 0 Å². The average molecular weight is 330 g/mol. The van der Waals surface area contributed by atoms with Crippen LogP contribution in [0.15, 0.2) is 16.6 Å². The number of nitrogens with one attached hydrogen (secondary N) is 1. The number of alkyl halides is 2. The van der Waals surface area contributed by atoms with Crippen LogP contribution in [-0.4, -0.2) is 30.1 Å². The molecule has 0 aliphatic heterocycles. The van der Waals surface area contributed by atoms with Crippen molar-refractivity contribution in [3.63, 3.8) is 0 Å². The van der Waals surface area contributed by atoms with E-state index in [0.717, 1.165) is 12.1 Å². The Morgan fingerprint density at radius 2 is 1.83 bits per heavy atom. The Bertz CT molecular complexity index is 432. The van der Waals surface area contributed by atoms with Gasteiger partial charge < -0.3 is 10.4 Å². The minimum Gasteiger partial charge on any atom is -0.385 e. The van der Waals surface area contributed by atoms with Crippen molar-refractivity contribution >= 4 is 21.8 Å². The molecule has 3 nitrogen and oxygen atoms in total. The number of benzene rings is 1. The first kappa shape index (κ1) is 14.9. The summed E-state index contributed by atoms with van der Waals surface area (Å²) in [4.78, 5) is 11.4. The summed E-state index contributed by atoms with van der Waals surface area (Å²) in [5.74, 6) is -3.48. The van der Waals surface area contributed by atoms with Crippen molar-refractivity contribution in [3.05, 3.63) is 33.8 Å². The van der Waals surface area contributed by atoms with E-state index in [1.807, 2.05) is 5.32 Å². The highest BCUT2D eigenvalue weighted by Gasteiger charge is 2.21. The molecule has 1 rings (SSSR count). The molecule has 0 saturated carbocycles. The second-order valence-corrected chi connectivity index (χ2v) is 4.27. The van der Waals surface area contributed by atoms with Gasteiger partial charge in [0.2, 0.25) is 0 Å². The molecule has 1 amide bonds. The molecule has 1 aromatic rings. The lowest BCUT2D eigenvalue weighted by Gasteiger charge is -2.11. The molecule has 0 heterocycles. The number of hydrogen-bond donors (Lipinski definition) is 2. The van der Waals surface area contributed by atoms with E-state index < -0.39 is 42.2 Å². The molecule has 0 saturated heterocycles. The van der Waals surface area contributed by atoms with Crippen LogP contribution < -0.4 is 5.32 Å². The molecule has 0 fully saturated rings. The van der Waals surface area contributed by atoms with E-state index in [0.29, 0.717) is 0 Å². The van der Waals surface area contributed by atoms with Gasteiger partial charge in [0.05, 0.1) is 0 Å². The zero-order valence-electron chi connectivity index (χ0n) is 8.76. The van der Waals surface area contributed by atoms with Gasteiger partial charge in [0.25, 0.3) is 12.3 Å². The monoisotopic (exact) mass is 329 g/mol. The summed E-state index contributed by atoms with van der Waals surface area (Å²) in [5.41, 5.74) is -0.889. The minimum atomic E-state index is -3.05. The first-order valence-electron chi connectivity index (χ1n) is 4.72. The lowest BCUT2D eigenvalue weighted by Crippen LogP contribution is -2.36. The van der Waals surface area contributed by atoms with Gasteiger partial charge in [0.15, 0.2) is 0 Å². The Hall–Kier alpha value is -1.15. The van der Waals surface area contributed by atoms with Crippen molar-refractivity contribution in [2.75, 3.05) is 6.54 Å². The van der Waals surface area contributed by atoms with Crippen LogP contribution in [0.5, 0.6) is 0 Å². The number of aliphatic hydroxyl groups excluding tert-OH is 1. The maximum atomic E-state index is 13.3. The fourth-order valence-corrected chi connectivity index (χ4v) is 1.54. The van der Waals surface area contributed by atoms with E-state index in [1.54, 1.807) is 0 Å². The van der Waals surface area contributed by atoms with Gasteiger partial charge in [-0.2, -0.15) is 0 Å². The standard InChI is InChI=1S/C10H8BrF4NO2/c11-4-1-5(12)8(6(13)2-4)10(18)16-3-7(17)9(14)15/h1-2,7,9,17H,3H2,(H,16,18). The molecule has 1 atom stereocenters. The molecule has 0 aromatic heterocycles. The maximum absolute atomic E-state index is 13.3. The quantitative estimate of drug-likeness (QED) is 0.831. The van der Waals surface area contributed by atoms with Gasteiger partial charge in [0, 0.05) is 11.0 Å². The van der Waals surface area contributed by atoms with Gasteiger partial charge in [-0.1, -0.05) is 15.9 Å². The molecule has 18 heavy (non-hydrogen) atoms. The van der Waals surface area contributed by atoms with E-state index in [1.165, 1.54) is 0 Å². The van der Waals surface area contributed by atoms with Gasteiger partial charge in [-0.05, 0) is 12.1 Å².